The van der Waals surface area contributed by atoms with Gasteiger partial charge in [0.15, 0.2) is 11.5 Å². The molecule has 0 radical (unpaired) electrons. The Morgan fingerprint density at radius 2 is 1.82 bits per heavy atom. The molecule has 5 rings (SSSR count). The van der Waals surface area contributed by atoms with Crippen LogP contribution >= 0.6 is 0 Å². The summed E-state index contributed by atoms with van der Waals surface area (Å²) in [6.07, 6.45) is 2.42. The van der Waals surface area contributed by atoms with Gasteiger partial charge in [-0.2, -0.15) is 9.40 Å². The fourth-order valence-electron chi connectivity index (χ4n) is 3.86. The van der Waals surface area contributed by atoms with E-state index >= 15 is 0 Å². The van der Waals surface area contributed by atoms with Crippen LogP contribution in [0.25, 0.3) is 0 Å². The van der Waals surface area contributed by atoms with E-state index in [1.807, 2.05) is 31.4 Å². The number of aryl methyl sites for hydroxylation is 1. The highest BCUT2D eigenvalue weighted by molar-refractivity contribution is 7.89. The molecule has 0 saturated heterocycles. The van der Waals surface area contributed by atoms with E-state index in [1.54, 1.807) is 35.0 Å². The Labute approximate surface area is 163 Å². The Morgan fingerprint density at radius 1 is 1.07 bits per heavy atom. The molecule has 0 unspecified atom stereocenters. The van der Waals surface area contributed by atoms with Crippen LogP contribution in [-0.4, -0.2) is 35.8 Å². The number of fused-ring (bicyclic) bond motifs is 2. The SMILES string of the molecule is Cn1ccc([C@@H]2c3cc4c(cc3CCN2S(=O)(=O)c2ccccc2)OCO4)n1. The highest BCUT2D eigenvalue weighted by Gasteiger charge is 2.39. The van der Waals surface area contributed by atoms with Crippen molar-refractivity contribution in [3.8, 4) is 11.5 Å². The summed E-state index contributed by atoms with van der Waals surface area (Å²) in [5, 5.41) is 4.52. The Bertz CT molecular complexity index is 1140. The molecule has 0 N–H and O–H groups in total. The molecule has 3 heterocycles. The van der Waals surface area contributed by atoms with Crippen molar-refractivity contribution < 1.29 is 17.9 Å². The summed E-state index contributed by atoms with van der Waals surface area (Å²) >= 11 is 0. The van der Waals surface area contributed by atoms with E-state index in [0.29, 0.717) is 30.2 Å². The van der Waals surface area contributed by atoms with Gasteiger partial charge in [-0.3, -0.25) is 4.68 Å². The summed E-state index contributed by atoms with van der Waals surface area (Å²) in [6.45, 7) is 0.545. The molecule has 0 fully saturated rings. The number of hydrogen-bond acceptors (Lipinski definition) is 5. The lowest BCUT2D eigenvalue weighted by Gasteiger charge is -2.35. The maximum absolute atomic E-state index is 13.5. The number of rotatable bonds is 3. The van der Waals surface area contributed by atoms with Crippen LogP contribution in [0, 0.1) is 0 Å². The maximum atomic E-state index is 13.5. The number of nitrogens with zero attached hydrogens (tertiary/aromatic N) is 3. The standard InChI is InChI=1S/C20H19N3O4S/c1-22-9-8-17(21-22)20-16-12-19-18(26-13-27-19)11-14(16)7-10-23(20)28(24,25)15-5-3-2-4-6-15/h2-6,8-9,11-12,20H,7,10,13H2,1H3/t20-/m0/s1. The lowest BCUT2D eigenvalue weighted by Crippen LogP contribution is -2.40. The zero-order valence-electron chi connectivity index (χ0n) is 15.3. The second-order valence-corrected chi connectivity index (χ2v) is 8.79. The maximum Gasteiger partial charge on any atom is 0.244 e. The highest BCUT2D eigenvalue weighted by Crippen LogP contribution is 2.43. The summed E-state index contributed by atoms with van der Waals surface area (Å²) in [6, 6.07) is 13.7. The molecule has 1 atom stereocenters. The summed E-state index contributed by atoms with van der Waals surface area (Å²) in [7, 11) is -1.87. The Morgan fingerprint density at radius 3 is 2.54 bits per heavy atom. The van der Waals surface area contributed by atoms with Crippen LogP contribution in [0.2, 0.25) is 0 Å². The fourth-order valence-corrected chi connectivity index (χ4v) is 5.46. The summed E-state index contributed by atoms with van der Waals surface area (Å²) in [5.41, 5.74) is 2.62. The largest absolute Gasteiger partial charge is 0.454 e. The van der Waals surface area contributed by atoms with Crippen molar-refractivity contribution >= 4 is 10.0 Å². The van der Waals surface area contributed by atoms with Crippen molar-refractivity contribution in [2.24, 2.45) is 7.05 Å². The van der Waals surface area contributed by atoms with Crippen LogP contribution in [0.4, 0.5) is 0 Å². The molecular weight excluding hydrogens is 378 g/mol. The van der Waals surface area contributed by atoms with E-state index in [9.17, 15) is 8.42 Å². The van der Waals surface area contributed by atoms with E-state index < -0.39 is 16.1 Å². The number of sulfonamides is 1. The second kappa shape index (κ2) is 6.35. The van der Waals surface area contributed by atoms with E-state index in [4.69, 9.17) is 9.47 Å². The average Bonchev–Trinajstić information content (AvgIpc) is 3.34. The zero-order chi connectivity index (χ0) is 19.3. The minimum atomic E-state index is -3.69. The first kappa shape index (κ1) is 17.3. The molecular formula is C20H19N3O4S. The lowest BCUT2D eigenvalue weighted by atomic mass is 9.92. The molecule has 0 bridgehead atoms. The van der Waals surface area contributed by atoms with Crippen molar-refractivity contribution in [3.63, 3.8) is 0 Å². The predicted molar refractivity (Wildman–Crippen MR) is 102 cm³/mol. The molecule has 2 aromatic carbocycles. The summed E-state index contributed by atoms with van der Waals surface area (Å²) in [5.74, 6) is 1.34. The third-order valence-corrected chi connectivity index (χ3v) is 7.06. The van der Waals surface area contributed by atoms with Gasteiger partial charge in [-0.15, -0.1) is 0 Å². The van der Waals surface area contributed by atoms with Crippen LogP contribution in [-0.2, 0) is 23.5 Å². The van der Waals surface area contributed by atoms with Crippen LogP contribution in [0.3, 0.4) is 0 Å². The molecule has 2 aliphatic rings. The van der Waals surface area contributed by atoms with Crippen LogP contribution in [0.1, 0.15) is 22.9 Å². The van der Waals surface area contributed by atoms with Crippen molar-refractivity contribution in [1.82, 2.24) is 14.1 Å². The first-order valence-electron chi connectivity index (χ1n) is 9.03. The number of aromatic nitrogens is 2. The minimum absolute atomic E-state index is 0.179. The van der Waals surface area contributed by atoms with E-state index in [0.717, 1.165) is 11.1 Å². The van der Waals surface area contributed by atoms with Crippen LogP contribution in [0.5, 0.6) is 11.5 Å². The predicted octanol–water partition coefficient (Wildman–Crippen LogP) is 2.49. The molecule has 2 aliphatic heterocycles. The molecule has 3 aromatic rings. The lowest BCUT2D eigenvalue weighted by molar-refractivity contribution is 0.174. The molecule has 0 amide bonds. The monoisotopic (exact) mass is 397 g/mol. The Balaban J connectivity index is 1.68. The second-order valence-electron chi connectivity index (χ2n) is 6.90. The van der Waals surface area contributed by atoms with Gasteiger partial charge in [0.05, 0.1) is 16.6 Å². The fraction of sp³-hybridized carbons (Fsp3) is 0.250. The quantitative estimate of drug-likeness (QED) is 0.679. The van der Waals surface area contributed by atoms with Gasteiger partial charge in [-0.05, 0) is 47.9 Å². The molecule has 28 heavy (non-hydrogen) atoms. The molecule has 1 aromatic heterocycles. The molecule has 8 heteroatoms. The third kappa shape index (κ3) is 2.68. The average molecular weight is 397 g/mol. The molecule has 0 spiro atoms. The topological polar surface area (TPSA) is 73.7 Å². The van der Waals surface area contributed by atoms with Gasteiger partial charge in [0.2, 0.25) is 16.8 Å². The van der Waals surface area contributed by atoms with E-state index in [-0.39, 0.29) is 11.7 Å². The zero-order valence-corrected chi connectivity index (χ0v) is 16.1. The first-order chi connectivity index (χ1) is 13.5. The molecule has 0 aliphatic carbocycles. The van der Waals surface area contributed by atoms with E-state index in [2.05, 4.69) is 5.10 Å². The normalized spacial score (nSPS) is 18.8. The van der Waals surface area contributed by atoms with Crippen LogP contribution < -0.4 is 9.47 Å². The molecule has 7 nitrogen and oxygen atoms in total. The summed E-state index contributed by atoms with van der Waals surface area (Å²) < 4.78 is 41.2. The van der Waals surface area contributed by atoms with Gasteiger partial charge in [0.25, 0.3) is 0 Å². The van der Waals surface area contributed by atoms with Crippen molar-refractivity contribution in [2.75, 3.05) is 13.3 Å². The van der Waals surface area contributed by atoms with Gasteiger partial charge in [-0.1, -0.05) is 18.2 Å². The van der Waals surface area contributed by atoms with Gasteiger partial charge >= 0.3 is 0 Å². The number of benzene rings is 2. The van der Waals surface area contributed by atoms with Gasteiger partial charge in [-0.25, -0.2) is 8.42 Å². The summed E-state index contributed by atoms with van der Waals surface area (Å²) in [4.78, 5) is 0.278. The van der Waals surface area contributed by atoms with Crippen molar-refractivity contribution in [1.29, 1.82) is 0 Å². The first-order valence-corrected chi connectivity index (χ1v) is 10.5. The Kier molecular flexibility index (Phi) is 3.92. The molecule has 144 valence electrons. The third-order valence-electron chi connectivity index (χ3n) is 5.18. The van der Waals surface area contributed by atoms with Crippen LogP contribution in [0.15, 0.2) is 59.6 Å². The smallest absolute Gasteiger partial charge is 0.244 e. The van der Waals surface area contributed by atoms with Gasteiger partial charge in [0.1, 0.15) is 0 Å². The number of ether oxygens (including phenoxy) is 2. The van der Waals surface area contributed by atoms with E-state index in [1.165, 1.54) is 4.31 Å². The Hall–Kier alpha value is -2.84. The highest BCUT2D eigenvalue weighted by atomic mass is 32.2. The molecule has 0 saturated carbocycles. The van der Waals surface area contributed by atoms with Gasteiger partial charge < -0.3 is 9.47 Å². The van der Waals surface area contributed by atoms with Gasteiger partial charge in [0, 0.05) is 19.8 Å². The minimum Gasteiger partial charge on any atom is -0.454 e. The van der Waals surface area contributed by atoms with Crippen molar-refractivity contribution in [3.05, 3.63) is 71.5 Å². The van der Waals surface area contributed by atoms with Crippen molar-refractivity contribution in [2.45, 2.75) is 17.4 Å². The number of hydrogen-bond donors (Lipinski definition) is 0.